The Kier molecular flexibility index (Phi) is 4.74. The lowest BCUT2D eigenvalue weighted by Crippen LogP contribution is -2.47. The number of methoxy groups -OCH3 is 1. The van der Waals surface area contributed by atoms with Gasteiger partial charge in [0.15, 0.2) is 5.69 Å². The number of nitrogens with zero attached hydrogens (tertiary/aromatic N) is 4. The Morgan fingerprint density at radius 2 is 1.56 bits per heavy atom. The summed E-state index contributed by atoms with van der Waals surface area (Å²) in [6, 6.07) is 17.5. The number of nitrogens with one attached hydrogen (secondary N) is 1. The van der Waals surface area contributed by atoms with Crippen LogP contribution >= 0.6 is 0 Å². The average Bonchev–Trinajstić information content (AvgIpc) is 2.74. The van der Waals surface area contributed by atoms with Crippen LogP contribution in [0.2, 0.25) is 0 Å². The summed E-state index contributed by atoms with van der Waals surface area (Å²) in [6.07, 6.45) is 0. The zero-order valence-corrected chi connectivity index (χ0v) is 15.1. The zero-order chi connectivity index (χ0) is 18.6. The van der Waals surface area contributed by atoms with Crippen LogP contribution in [0.5, 0.6) is 5.75 Å². The van der Waals surface area contributed by atoms with Crippen molar-refractivity contribution in [3.63, 3.8) is 0 Å². The molecule has 0 radical (unpaired) electrons. The number of hydrogen-bond acceptors (Lipinski definition) is 6. The molecule has 7 heteroatoms. The predicted molar refractivity (Wildman–Crippen MR) is 106 cm³/mol. The molecule has 27 heavy (non-hydrogen) atoms. The number of H-pyrrole nitrogens is 1. The van der Waals surface area contributed by atoms with Crippen molar-refractivity contribution in [1.82, 2.24) is 15.2 Å². The summed E-state index contributed by atoms with van der Waals surface area (Å²) in [4.78, 5) is 19.8. The van der Waals surface area contributed by atoms with E-state index in [0.29, 0.717) is 17.2 Å². The molecule has 0 amide bonds. The van der Waals surface area contributed by atoms with Crippen molar-refractivity contribution >= 4 is 11.6 Å². The minimum Gasteiger partial charge on any atom is -0.497 e. The van der Waals surface area contributed by atoms with E-state index in [0.717, 1.165) is 31.9 Å². The van der Waals surface area contributed by atoms with Gasteiger partial charge >= 0.3 is 0 Å². The first-order chi connectivity index (χ1) is 13.2. The molecule has 0 bridgehead atoms. The molecule has 1 saturated heterocycles. The number of anilines is 2. The van der Waals surface area contributed by atoms with E-state index in [1.807, 2.05) is 18.2 Å². The molecule has 7 nitrogen and oxygen atoms in total. The second-order valence-corrected chi connectivity index (χ2v) is 6.36. The highest BCUT2D eigenvalue weighted by Gasteiger charge is 2.20. The molecule has 1 N–H and O–H groups in total. The molecule has 2 heterocycles. The van der Waals surface area contributed by atoms with Crippen LogP contribution in [0.15, 0.2) is 59.4 Å². The molecular weight excluding hydrogens is 342 g/mol. The van der Waals surface area contributed by atoms with Crippen molar-refractivity contribution in [1.29, 1.82) is 0 Å². The van der Waals surface area contributed by atoms with E-state index in [1.165, 1.54) is 5.69 Å². The number of hydrogen-bond donors (Lipinski definition) is 1. The van der Waals surface area contributed by atoms with E-state index >= 15 is 0 Å². The van der Waals surface area contributed by atoms with Gasteiger partial charge in [0, 0.05) is 37.4 Å². The van der Waals surface area contributed by atoms with Crippen LogP contribution in [0.3, 0.4) is 0 Å². The summed E-state index contributed by atoms with van der Waals surface area (Å²) in [5.41, 5.74) is 2.00. The molecule has 138 valence electrons. The first-order valence-electron chi connectivity index (χ1n) is 8.91. The number of rotatable bonds is 4. The molecule has 1 fully saturated rings. The lowest BCUT2D eigenvalue weighted by Gasteiger charge is -2.36. The summed E-state index contributed by atoms with van der Waals surface area (Å²) in [5, 5.41) is 8.42. The topological polar surface area (TPSA) is 74.4 Å². The number of benzene rings is 2. The number of aromatic amines is 1. The summed E-state index contributed by atoms with van der Waals surface area (Å²) in [6.45, 7) is 3.30. The van der Waals surface area contributed by atoms with Gasteiger partial charge in [-0.2, -0.15) is 0 Å². The van der Waals surface area contributed by atoms with Crippen molar-refractivity contribution in [2.24, 2.45) is 0 Å². The van der Waals surface area contributed by atoms with Crippen molar-refractivity contribution in [3.8, 4) is 17.0 Å². The van der Waals surface area contributed by atoms with Gasteiger partial charge in [-0.15, -0.1) is 10.2 Å². The van der Waals surface area contributed by atoms with E-state index in [1.54, 1.807) is 31.4 Å². The third-order valence-corrected chi connectivity index (χ3v) is 4.75. The fourth-order valence-electron chi connectivity index (χ4n) is 3.22. The highest BCUT2D eigenvalue weighted by Crippen LogP contribution is 2.19. The Morgan fingerprint density at radius 3 is 2.19 bits per heavy atom. The average molecular weight is 363 g/mol. The first kappa shape index (κ1) is 17.1. The van der Waals surface area contributed by atoms with Crippen molar-refractivity contribution in [2.45, 2.75) is 0 Å². The minimum absolute atomic E-state index is 0.240. The SMILES string of the molecule is COc1ccc(-c2nnc(N3CCN(c4ccccc4)CC3)[nH]c2=O)cc1. The Bertz CT molecular complexity index is 948. The standard InChI is InChI=1S/C20H21N5O2/c1-27-17-9-7-15(8-10-17)18-19(26)21-20(23-22-18)25-13-11-24(12-14-25)16-5-3-2-4-6-16/h2-10H,11-14H2,1H3,(H,21,23,26). The van der Waals surface area contributed by atoms with Gasteiger partial charge in [-0.3, -0.25) is 9.78 Å². The van der Waals surface area contributed by atoms with Gasteiger partial charge in [-0.1, -0.05) is 18.2 Å². The summed E-state index contributed by atoms with van der Waals surface area (Å²) >= 11 is 0. The molecule has 3 aromatic rings. The predicted octanol–water partition coefficient (Wildman–Crippen LogP) is 2.17. The van der Waals surface area contributed by atoms with Gasteiger partial charge < -0.3 is 14.5 Å². The van der Waals surface area contributed by atoms with Crippen LogP contribution in [0.4, 0.5) is 11.6 Å². The normalized spacial score (nSPS) is 14.3. The number of aromatic nitrogens is 3. The van der Waals surface area contributed by atoms with Gasteiger partial charge in [0.25, 0.3) is 5.56 Å². The van der Waals surface area contributed by atoms with Crippen LogP contribution in [-0.4, -0.2) is 48.5 Å². The largest absolute Gasteiger partial charge is 0.497 e. The van der Waals surface area contributed by atoms with Gasteiger partial charge in [0.2, 0.25) is 5.95 Å². The lowest BCUT2D eigenvalue weighted by molar-refractivity contribution is 0.415. The van der Waals surface area contributed by atoms with Crippen LogP contribution in [-0.2, 0) is 0 Å². The quantitative estimate of drug-likeness (QED) is 0.766. The molecule has 2 aromatic carbocycles. The number of ether oxygens (including phenoxy) is 1. The van der Waals surface area contributed by atoms with Crippen molar-refractivity contribution in [2.75, 3.05) is 43.1 Å². The smallest absolute Gasteiger partial charge is 0.279 e. The zero-order valence-electron chi connectivity index (χ0n) is 15.1. The van der Waals surface area contributed by atoms with E-state index in [2.05, 4.69) is 37.1 Å². The second kappa shape index (κ2) is 7.49. The molecule has 0 atom stereocenters. The third kappa shape index (κ3) is 3.62. The Labute approximate surface area is 157 Å². The summed E-state index contributed by atoms with van der Waals surface area (Å²) in [5.74, 6) is 1.25. The van der Waals surface area contributed by atoms with Gasteiger partial charge in [0.1, 0.15) is 5.75 Å². The van der Waals surface area contributed by atoms with Gasteiger partial charge in [0.05, 0.1) is 7.11 Å². The van der Waals surface area contributed by atoms with Crippen LogP contribution < -0.4 is 20.1 Å². The van der Waals surface area contributed by atoms with Gasteiger partial charge in [-0.25, -0.2) is 0 Å². The molecule has 0 unspecified atom stereocenters. The molecule has 4 rings (SSSR count). The number of piperazine rings is 1. The highest BCUT2D eigenvalue weighted by molar-refractivity contribution is 5.59. The molecule has 0 spiro atoms. The van der Waals surface area contributed by atoms with Crippen molar-refractivity contribution in [3.05, 3.63) is 65.0 Å². The minimum atomic E-state index is -0.240. The van der Waals surface area contributed by atoms with E-state index in [9.17, 15) is 4.79 Å². The van der Waals surface area contributed by atoms with Crippen molar-refractivity contribution < 1.29 is 4.74 Å². The maximum absolute atomic E-state index is 12.5. The van der Waals surface area contributed by atoms with Crippen LogP contribution in [0.25, 0.3) is 11.3 Å². The summed E-state index contributed by atoms with van der Waals surface area (Å²) < 4.78 is 5.14. The molecule has 1 aliphatic heterocycles. The van der Waals surface area contributed by atoms with Crippen LogP contribution in [0.1, 0.15) is 0 Å². The molecule has 1 aromatic heterocycles. The number of para-hydroxylation sites is 1. The van der Waals surface area contributed by atoms with E-state index < -0.39 is 0 Å². The molecule has 1 aliphatic rings. The van der Waals surface area contributed by atoms with E-state index in [4.69, 9.17) is 4.74 Å². The Morgan fingerprint density at radius 1 is 0.889 bits per heavy atom. The first-order valence-corrected chi connectivity index (χ1v) is 8.91. The highest BCUT2D eigenvalue weighted by atomic mass is 16.5. The maximum Gasteiger partial charge on any atom is 0.279 e. The fourth-order valence-corrected chi connectivity index (χ4v) is 3.22. The lowest BCUT2D eigenvalue weighted by atomic mass is 10.1. The second-order valence-electron chi connectivity index (χ2n) is 6.36. The summed E-state index contributed by atoms with van der Waals surface area (Å²) in [7, 11) is 1.61. The fraction of sp³-hybridized carbons (Fsp3) is 0.250. The van der Waals surface area contributed by atoms with E-state index in [-0.39, 0.29) is 5.56 Å². The molecule has 0 aliphatic carbocycles. The monoisotopic (exact) mass is 363 g/mol. The Hall–Kier alpha value is -3.35. The maximum atomic E-state index is 12.5. The van der Waals surface area contributed by atoms with Gasteiger partial charge in [-0.05, 0) is 36.4 Å². The molecular formula is C20H21N5O2. The van der Waals surface area contributed by atoms with Crippen LogP contribution in [0, 0.1) is 0 Å². The third-order valence-electron chi connectivity index (χ3n) is 4.75. The molecule has 0 saturated carbocycles. The Balaban J connectivity index is 1.47.